The van der Waals surface area contributed by atoms with Gasteiger partial charge in [-0.1, -0.05) is 18.6 Å². The van der Waals surface area contributed by atoms with E-state index in [1.165, 1.54) is 24.8 Å². The largest absolute Gasteiger partial charge is 0.497 e. The third-order valence-corrected chi connectivity index (χ3v) is 4.40. The number of aliphatic hydroxyl groups is 1. The quantitative estimate of drug-likeness (QED) is 0.826. The van der Waals surface area contributed by atoms with E-state index >= 15 is 0 Å². The molecule has 2 aliphatic carbocycles. The van der Waals surface area contributed by atoms with Gasteiger partial charge in [0.25, 0.3) is 0 Å². The van der Waals surface area contributed by atoms with Crippen LogP contribution in [0.5, 0.6) is 5.75 Å². The van der Waals surface area contributed by atoms with Gasteiger partial charge in [0.1, 0.15) is 5.75 Å². The van der Waals surface area contributed by atoms with Crippen molar-refractivity contribution in [1.29, 1.82) is 0 Å². The van der Waals surface area contributed by atoms with Crippen LogP contribution in [0.25, 0.3) is 0 Å². The van der Waals surface area contributed by atoms with Gasteiger partial charge in [-0.3, -0.25) is 0 Å². The van der Waals surface area contributed by atoms with E-state index in [9.17, 15) is 5.11 Å². The van der Waals surface area contributed by atoms with Crippen LogP contribution in [0.1, 0.15) is 31.2 Å². The van der Waals surface area contributed by atoms with Crippen molar-refractivity contribution in [3.63, 3.8) is 0 Å². The van der Waals surface area contributed by atoms with Crippen LogP contribution in [-0.2, 0) is 5.41 Å². The Kier molecular flexibility index (Phi) is 2.21. The molecule has 2 aliphatic rings. The van der Waals surface area contributed by atoms with Crippen LogP contribution in [0.15, 0.2) is 24.3 Å². The molecule has 0 bridgehead atoms. The van der Waals surface area contributed by atoms with E-state index in [0.29, 0.717) is 5.92 Å². The number of benzene rings is 1. The number of hydrogen-bond acceptors (Lipinski definition) is 2. The van der Waals surface area contributed by atoms with Crippen LogP contribution in [-0.4, -0.2) is 18.3 Å². The number of aliphatic hydroxyl groups excluding tert-OH is 1. The smallest absolute Gasteiger partial charge is 0.118 e. The van der Waals surface area contributed by atoms with Crippen molar-refractivity contribution in [3.8, 4) is 5.75 Å². The maximum atomic E-state index is 10.2. The summed E-state index contributed by atoms with van der Waals surface area (Å²) in [4.78, 5) is 0. The summed E-state index contributed by atoms with van der Waals surface area (Å²) in [6.07, 6.45) is 4.45. The summed E-state index contributed by atoms with van der Waals surface area (Å²) in [6, 6.07) is 8.24. The number of ether oxygens (including phenoxy) is 1. The fourth-order valence-electron chi connectivity index (χ4n) is 3.38. The van der Waals surface area contributed by atoms with Crippen LogP contribution < -0.4 is 4.74 Å². The molecule has 0 aromatic heterocycles. The van der Waals surface area contributed by atoms with Crippen molar-refractivity contribution in [3.05, 3.63) is 29.8 Å². The molecule has 0 amide bonds. The zero-order valence-corrected chi connectivity index (χ0v) is 9.65. The van der Waals surface area contributed by atoms with Crippen molar-refractivity contribution >= 4 is 0 Å². The molecule has 16 heavy (non-hydrogen) atoms. The summed E-state index contributed by atoms with van der Waals surface area (Å²) in [6.45, 7) is 0. The second kappa shape index (κ2) is 3.49. The molecule has 1 N–H and O–H groups in total. The van der Waals surface area contributed by atoms with Gasteiger partial charge in [-0.05, 0) is 42.9 Å². The summed E-state index contributed by atoms with van der Waals surface area (Å²) in [5.74, 6) is 1.60. The van der Waals surface area contributed by atoms with Gasteiger partial charge in [-0.15, -0.1) is 0 Å². The molecule has 0 radical (unpaired) electrons. The third-order valence-electron chi connectivity index (χ3n) is 4.40. The van der Waals surface area contributed by atoms with Gasteiger partial charge in [0.15, 0.2) is 0 Å². The molecule has 2 saturated carbocycles. The van der Waals surface area contributed by atoms with E-state index in [-0.39, 0.29) is 11.5 Å². The highest BCUT2D eigenvalue weighted by Gasteiger charge is 2.60. The highest BCUT2D eigenvalue weighted by atomic mass is 16.5. The molecule has 0 aliphatic heterocycles. The highest BCUT2D eigenvalue weighted by molar-refractivity contribution is 5.39. The number of hydrogen-bond donors (Lipinski definition) is 1. The van der Waals surface area contributed by atoms with Gasteiger partial charge in [-0.2, -0.15) is 0 Å². The van der Waals surface area contributed by atoms with Gasteiger partial charge in [0.05, 0.1) is 13.2 Å². The summed E-state index contributed by atoms with van der Waals surface area (Å²) in [5.41, 5.74) is 1.38. The summed E-state index contributed by atoms with van der Waals surface area (Å²) < 4.78 is 5.17. The number of methoxy groups -OCH3 is 1. The molecule has 0 spiro atoms. The maximum absolute atomic E-state index is 10.2. The predicted octanol–water partition coefficient (Wildman–Crippen LogP) is 2.50. The first kappa shape index (κ1) is 10.2. The van der Waals surface area contributed by atoms with Crippen molar-refractivity contribution in [2.75, 3.05) is 7.11 Å². The highest BCUT2D eigenvalue weighted by Crippen LogP contribution is 2.62. The first-order chi connectivity index (χ1) is 7.77. The van der Waals surface area contributed by atoms with Crippen molar-refractivity contribution in [2.45, 2.75) is 37.2 Å². The molecule has 1 aromatic rings. The Labute approximate surface area is 96.2 Å². The van der Waals surface area contributed by atoms with Crippen LogP contribution in [0.3, 0.4) is 0 Å². The van der Waals surface area contributed by atoms with Crippen LogP contribution in [0.4, 0.5) is 0 Å². The molecule has 2 heteroatoms. The Balaban J connectivity index is 1.91. The Hall–Kier alpha value is -1.02. The minimum Gasteiger partial charge on any atom is -0.497 e. The average Bonchev–Trinajstić information content (AvgIpc) is 3.06. The molecule has 2 fully saturated rings. The van der Waals surface area contributed by atoms with Crippen molar-refractivity contribution in [1.82, 2.24) is 0 Å². The summed E-state index contributed by atoms with van der Waals surface area (Å²) >= 11 is 0. The lowest BCUT2D eigenvalue weighted by molar-refractivity contribution is 0.0945. The Morgan fingerprint density at radius 3 is 2.62 bits per heavy atom. The number of rotatable bonds is 2. The standard InChI is InChI=1S/C14H18O2/c1-16-12-7-5-10(6-8-12)14-9-11(14)3-2-4-13(14)15/h5-8,11,13,15H,2-4,9H2,1H3/t11-,13-,14-/m1/s1. The number of fused-ring (bicyclic) bond motifs is 1. The first-order valence-electron chi connectivity index (χ1n) is 6.10. The van der Waals surface area contributed by atoms with E-state index in [2.05, 4.69) is 12.1 Å². The van der Waals surface area contributed by atoms with Gasteiger partial charge in [0.2, 0.25) is 0 Å². The molecule has 0 unspecified atom stereocenters. The summed E-state index contributed by atoms with van der Waals surface area (Å²) in [5, 5.41) is 10.2. The zero-order chi connectivity index (χ0) is 11.2. The lowest BCUT2D eigenvalue weighted by Crippen LogP contribution is -2.31. The molecule has 2 nitrogen and oxygen atoms in total. The molecular weight excluding hydrogens is 200 g/mol. The predicted molar refractivity (Wildman–Crippen MR) is 62.6 cm³/mol. The van der Waals surface area contributed by atoms with Crippen molar-refractivity contribution < 1.29 is 9.84 Å². The Morgan fingerprint density at radius 2 is 2.00 bits per heavy atom. The van der Waals surface area contributed by atoms with Gasteiger partial charge >= 0.3 is 0 Å². The van der Waals surface area contributed by atoms with Gasteiger partial charge in [0, 0.05) is 5.41 Å². The van der Waals surface area contributed by atoms with E-state index in [1.54, 1.807) is 7.11 Å². The van der Waals surface area contributed by atoms with E-state index in [1.807, 2.05) is 12.1 Å². The van der Waals surface area contributed by atoms with Crippen molar-refractivity contribution in [2.24, 2.45) is 5.92 Å². The zero-order valence-electron chi connectivity index (χ0n) is 9.65. The topological polar surface area (TPSA) is 29.5 Å². The lowest BCUT2D eigenvalue weighted by atomic mass is 9.80. The van der Waals surface area contributed by atoms with E-state index in [4.69, 9.17) is 4.74 Å². The fourth-order valence-corrected chi connectivity index (χ4v) is 3.38. The van der Waals surface area contributed by atoms with Crippen LogP contribution >= 0.6 is 0 Å². The first-order valence-corrected chi connectivity index (χ1v) is 6.10. The second-order valence-electron chi connectivity index (χ2n) is 5.12. The third kappa shape index (κ3) is 1.29. The Bertz CT molecular complexity index is 384. The monoisotopic (exact) mass is 218 g/mol. The van der Waals surface area contributed by atoms with E-state index < -0.39 is 0 Å². The molecule has 1 aromatic carbocycles. The molecule has 86 valence electrons. The lowest BCUT2D eigenvalue weighted by Gasteiger charge is -2.28. The minimum atomic E-state index is -0.139. The second-order valence-corrected chi connectivity index (χ2v) is 5.12. The van der Waals surface area contributed by atoms with E-state index in [0.717, 1.165) is 12.2 Å². The minimum absolute atomic E-state index is 0.0878. The molecule has 3 atom stereocenters. The SMILES string of the molecule is COc1ccc([C@]23C[C@H]2CCC[C@H]3O)cc1. The summed E-state index contributed by atoms with van der Waals surface area (Å²) in [7, 11) is 1.68. The maximum Gasteiger partial charge on any atom is 0.118 e. The molecule has 0 heterocycles. The Morgan fingerprint density at radius 1 is 1.25 bits per heavy atom. The molecule has 0 saturated heterocycles. The fraction of sp³-hybridized carbons (Fsp3) is 0.571. The molecular formula is C14H18O2. The normalized spacial score (nSPS) is 36.6. The van der Waals surface area contributed by atoms with Gasteiger partial charge < -0.3 is 9.84 Å². The van der Waals surface area contributed by atoms with Crippen LogP contribution in [0.2, 0.25) is 0 Å². The van der Waals surface area contributed by atoms with Crippen LogP contribution in [0, 0.1) is 5.92 Å². The molecule has 3 rings (SSSR count). The average molecular weight is 218 g/mol. The van der Waals surface area contributed by atoms with Gasteiger partial charge in [-0.25, -0.2) is 0 Å².